The molecule has 2 aliphatic rings. The molecular formula is C21H27FN4O2. The number of rotatable bonds is 5. The van der Waals surface area contributed by atoms with E-state index in [0.29, 0.717) is 36.4 Å². The van der Waals surface area contributed by atoms with Crippen LogP contribution in [0.1, 0.15) is 43.7 Å². The minimum absolute atomic E-state index is 0.0150. The summed E-state index contributed by atoms with van der Waals surface area (Å²) in [7, 11) is 2.07. The molecule has 1 aromatic carbocycles. The van der Waals surface area contributed by atoms with Crippen LogP contribution in [-0.2, 0) is 17.6 Å². The highest BCUT2D eigenvalue weighted by Crippen LogP contribution is 2.47. The third-order valence-corrected chi connectivity index (χ3v) is 5.80. The fourth-order valence-electron chi connectivity index (χ4n) is 4.46. The lowest BCUT2D eigenvalue weighted by atomic mass is 9.77. The van der Waals surface area contributed by atoms with Gasteiger partial charge in [-0.25, -0.2) is 4.39 Å². The Morgan fingerprint density at radius 3 is 2.75 bits per heavy atom. The van der Waals surface area contributed by atoms with E-state index in [4.69, 9.17) is 4.42 Å². The van der Waals surface area contributed by atoms with E-state index in [2.05, 4.69) is 36.0 Å². The van der Waals surface area contributed by atoms with Crippen LogP contribution in [0.2, 0.25) is 0 Å². The Morgan fingerprint density at radius 2 is 2.04 bits per heavy atom. The van der Waals surface area contributed by atoms with Crippen molar-refractivity contribution in [3.63, 3.8) is 0 Å². The van der Waals surface area contributed by atoms with Crippen LogP contribution in [0.15, 0.2) is 28.7 Å². The fourth-order valence-corrected chi connectivity index (χ4v) is 4.46. The quantitative estimate of drug-likeness (QED) is 0.791. The number of amides is 1. The molecule has 1 aromatic heterocycles. The molecule has 0 bridgehead atoms. The average molecular weight is 386 g/mol. The summed E-state index contributed by atoms with van der Waals surface area (Å²) in [5.74, 6) is 1.50. The highest BCUT2D eigenvalue weighted by Gasteiger charge is 2.53. The number of halogens is 1. The number of nitrogens with zero attached hydrogens (tertiary/aromatic N) is 4. The molecule has 1 amide bonds. The van der Waals surface area contributed by atoms with E-state index in [1.807, 2.05) is 4.90 Å². The maximum atomic E-state index is 13.8. The third kappa shape index (κ3) is 3.68. The van der Waals surface area contributed by atoms with Crippen LogP contribution in [0.5, 0.6) is 0 Å². The van der Waals surface area contributed by atoms with Gasteiger partial charge in [-0.1, -0.05) is 32.0 Å². The number of likely N-dealkylation sites (tertiary alicyclic amines) is 2. The number of hydrogen-bond acceptors (Lipinski definition) is 5. The van der Waals surface area contributed by atoms with Crippen molar-refractivity contribution in [2.24, 2.45) is 11.3 Å². The summed E-state index contributed by atoms with van der Waals surface area (Å²) in [6, 6.07) is 6.57. The normalized spacial score (nSPS) is 21.5. The predicted molar refractivity (Wildman–Crippen MR) is 102 cm³/mol. The summed E-state index contributed by atoms with van der Waals surface area (Å²) in [5.41, 5.74) is 0.523. The third-order valence-electron chi connectivity index (χ3n) is 5.80. The number of carbonyl (C=O) groups is 1. The van der Waals surface area contributed by atoms with Gasteiger partial charge in [0.05, 0.1) is 12.5 Å². The largest absolute Gasteiger partial charge is 0.424 e. The van der Waals surface area contributed by atoms with Crippen molar-refractivity contribution in [1.82, 2.24) is 20.0 Å². The average Bonchev–Trinajstić information content (AvgIpc) is 3.19. The predicted octanol–water partition coefficient (Wildman–Crippen LogP) is 2.86. The van der Waals surface area contributed by atoms with E-state index >= 15 is 0 Å². The Labute approximate surface area is 164 Å². The zero-order valence-electron chi connectivity index (χ0n) is 16.7. The van der Waals surface area contributed by atoms with Crippen molar-refractivity contribution >= 4 is 5.91 Å². The second-order valence-corrected chi connectivity index (χ2v) is 8.79. The van der Waals surface area contributed by atoms with Gasteiger partial charge < -0.3 is 9.32 Å². The van der Waals surface area contributed by atoms with Crippen molar-refractivity contribution in [2.45, 2.75) is 39.2 Å². The maximum absolute atomic E-state index is 13.8. The van der Waals surface area contributed by atoms with Crippen LogP contribution in [0.3, 0.4) is 0 Å². The van der Waals surface area contributed by atoms with Gasteiger partial charge in [0.1, 0.15) is 5.82 Å². The molecule has 2 aliphatic heterocycles. The topological polar surface area (TPSA) is 62.5 Å². The van der Waals surface area contributed by atoms with E-state index in [1.54, 1.807) is 18.2 Å². The molecule has 0 N–H and O–H groups in total. The van der Waals surface area contributed by atoms with Gasteiger partial charge in [0.15, 0.2) is 0 Å². The Kier molecular flexibility index (Phi) is 4.95. The van der Waals surface area contributed by atoms with Crippen LogP contribution in [0, 0.1) is 17.2 Å². The van der Waals surface area contributed by atoms with Gasteiger partial charge in [0.2, 0.25) is 17.7 Å². The first-order valence-electron chi connectivity index (χ1n) is 9.89. The molecule has 3 heterocycles. The van der Waals surface area contributed by atoms with Crippen molar-refractivity contribution in [3.8, 4) is 0 Å². The highest BCUT2D eigenvalue weighted by molar-refractivity contribution is 5.79. The van der Waals surface area contributed by atoms with E-state index < -0.39 is 0 Å². The number of carbonyl (C=O) groups excluding carboxylic acids is 1. The Morgan fingerprint density at radius 1 is 1.29 bits per heavy atom. The summed E-state index contributed by atoms with van der Waals surface area (Å²) >= 11 is 0. The van der Waals surface area contributed by atoms with E-state index in [-0.39, 0.29) is 29.6 Å². The van der Waals surface area contributed by atoms with Gasteiger partial charge >= 0.3 is 0 Å². The molecule has 1 spiro atoms. The second-order valence-electron chi connectivity index (χ2n) is 8.79. The molecule has 0 aliphatic carbocycles. The SMILES string of the molecule is CC(C)Cc1nnc(C2CC3(CN(C(=O)Cc4ccccc4F)C3)CN2C)o1. The summed E-state index contributed by atoms with van der Waals surface area (Å²) in [6.45, 7) is 6.55. The highest BCUT2D eigenvalue weighted by atomic mass is 19.1. The van der Waals surface area contributed by atoms with Crippen LogP contribution in [0.4, 0.5) is 4.39 Å². The van der Waals surface area contributed by atoms with E-state index in [9.17, 15) is 9.18 Å². The molecule has 2 aromatic rings. The Bertz CT molecular complexity index is 860. The first-order valence-corrected chi connectivity index (χ1v) is 9.89. The van der Waals surface area contributed by atoms with Crippen LogP contribution < -0.4 is 0 Å². The smallest absolute Gasteiger partial charge is 0.233 e. The van der Waals surface area contributed by atoms with Gasteiger partial charge in [-0.3, -0.25) is 9.69 Å². The molecule has 7 heteroatoms. The lowest BCUT2D eigenvalue weighted by Gasteiger charge is -2.48. The first kappa shape index (κ1) is 19.1. The van der Waals surface area contributed by atoms with Gasteiger partial charge in [0, 0.05) is 31.5 Å². The number of hydrogen-bond donors (Lipinski definition) is 0. The second kappa shape index (κ2) is 7.28. The van der Waals surface area contributed by atoms with E-state index in [1.165, 1.54) is 6.07 Å². The summed E-state index contributed by atoms with van der Waals surface area (Å²) in [4.78, 5) is 16.6. The fraction of sp³-hybridized carbons (Fsp3) is 0.571. The zero-order valence-corrected chi connectivity index (χ0v) is 16.7. The van der Waals surface area contributed by atoms with Crippen molar-refractivity contribution < 1.29 is 13.6 Å². The van der Waals surface area contributed by atoms with Gasteiger partial charge in [-0.05, 0) is 31.0 Å². The van der Waals surface area contributed by atoms with Gasteiger partial charge in [0.25, 0.3) is 0 Å². The Hall–Kier alpha value is -2.28. The molecule has 1 unspecified atom stereocenters. The maximum Gasteiger partial charge on any atom is 0.233 e. The zero-order chi connectivity index (χ0) is 19.9. The van der Waals surface area contributed by atoms with Gasteiger partial charge in [-0.2, -0.15) is 0 Å². The Balaban J connectivity index is 1.36. The molecule has 0 radical (unpaired) electrons. The summed E-state index contributed by atoms with van der Waals surface area (Å²) in [5, 5.41) is 8.45. The molecule has 6 nitrogen and oxygen atoms in total. The molecule has 2 saturated heterocycles. The standard InChI is InChI=1S/C21H27FN4O2/c1-14(2)8-18-23-24-20(28-18)17-10-21(11-25(17)3)12-26(13-21)19(27)9-15-6-4-5-7-16(15)22/h4-7,14,17H,8-13H2,1-3H3. The molecular weight excluding hydrogens is 359 g/mol. The van der Waals surface area contributed by atoms with Gasteiger partial charge in [-0.15, -0.1) is 10.2 Å². The van der Waals surface area contributed by atoms with Crippen LogP contribution in [-0.4, -0.2) is 52.6 Å². The molecule has 28 heavy (non-hydrogen) atoms. The molecule has 0 saturated carbocycles. The molecule has 4 rings (SSSR count). The van der Waals surface area contributed by atoms with Crippen LogP contribution >= 0.6 is 0 Å². The number of benzene rings is 1. The van der Waals surface area contributed by atoms with Crippen molar-refractivity contribution in [3.05, 3.63) is 47.4 Å². The van der Waals surface area contributed by atoms with E-state index in [0.717, 1.165) is 19.4 Å². The van der Waals surface area contributed by atoms with Crippen LogP contribution in [0.25, 0.3) is 0 Å². The van der Waals surface area contributed by atoms with Crippen molar-refractivity contribution in [1.29, 1.82) is 0 Å². The summed E-state index contributed by atoms with van der Waals surface area (Å²) in [6.07, 6.45) is 1.80. The minimum atomic E-state index is -0.319. The molecule has 1 atom stereocenters. The lowest BCUT2D eigenvalue weighted by Crippen LogP contribution is -2.59. The first-order chi connectivity index (χ1) is 13.3. The lowest BCUT2D eigenvalue weighted by molar-refractivity contribution is -0.142. The number of aromatic nitrogens is 2. The molecule has 2 fully saturated rings. The summed E-state index contributed by atoms with van der Waals surface area (Å²) < 4.78 is 19.7. The van der Waals surface area contributed by atoms with Crippen molar-refractivity contribution in [2.75, 3.05) is 26.7 Å². The monoisotopic (exact) mass is 386 g/mol. The molecule has 150 valence electrons. The minimum Gasteiger partial charge on any atom is -0.424 e.